The Hall–Kier alpha value is -5.10. The number of hydrogen-bond acceptors (Lipinski definition) is 4. The Balaban J connectivity index is 1.57. The van der Waals surface area contributed by atoms with Crippen LogP contribution in [0.5, 0.6) is 11.5 Å². The molecule has 0 saturated carbocycles. The number of aliphatic imine (C=N–C) groups is 1. The maximum Gasteiger partial charge on any atom is 0.282 e. The Kier molecular flexibility index (Phi) is 5.54. The average molecular weight is 486 g/mol. The smallest absolute Gasteiger partial charge is 0.282 e. The first-order valence-electron chi connectivity index (χ1n) is 11.9. The third-order valence-corrected chi connectivity index (χ3v) is 6.36. The van der Waals surface area contributed by atoms with Gasteiger partial charge in [0.2, 0.25) is 0 Å². The fourth-order valence-corrected chi connectivity index (χ4v) is 4.62. The highest BCUT2D eigenvalue weighted by Gasteiger charge is 2.36. The van der Waals surface area contributed by atoms with E-state index in [1.807, 2.05) is 84.9 Å². The largest absolute Gasteiger partial charge is 0.504 e. The van der Waals surface area contributed by atoms with Crippen LogP contribution in [0.25, 0.3) is 28.2 Å². The molecule has 0 radical (unpaired) electrons. The SMILES string of the molecule is COc1cc(/C=C2/N=C(c3ccccc3)N(c3c(-c4ccccc4)[nH]c4ccccc34)C2=O)ccc1O. The lowest BCUT2D eigenvalue weighted by Crippen LogP contribution is -2.33. The second-order valence-electron chi connectivity index (χ2n) is 8.66. The number of phenols is 1. The fraction of sp³-hybridized carbons (Fsp3) is 0.0323. The highest BCUT2D eigenvalue weighted by atomic mass is 16.5. The average Bonchev–Trinajstić information content (AvgIpc) is 3.48. The van der Waals surface area contributed by atoms with E-state index in [0.717, 1.165) is 33.4 Å². The quantitative estimate of drug-likeness (QED) is 0.284. The van der Waals surface area contributed by atoms with Crippen molar-refractivity contribution in [2.24, 2.45) is 4.99 Å². The molecular weight excluding hydrogens is 462 g/mol. The molecule has 1 aliphatic rings. The van der Waals surface area contributed by atoms with Crippen LogP contribution in [-0.4, -0.2) is 28.9 Å². The maximum absolute atomic E-state index is 14.1. The molecule has 180 valence electrons. The predicted octanol–water partition coefficient (Wildman–Crippen LogP) is 6.38. The molecule has 0 saturated heterocycles. The number of nitrogens with zero attached hydrogens (tertiary/aromatic N) is 2. The number of benzene rings is 4. The van der Waals surface area contributed by atoms with Crippen molar-refractivity contribution in [3.05, 3.63) is 120 Å². The van der Waals surface area contributed by atoms with Crippen LogP contribution in [0.1, 0.15) is 11.1 Å². The second kappa shape index (κ2) is 9.17. The van der Waals surface area contributed by atoms with Crippen LogP contribution < -0.4 is 9.64 Å². The van der Waals surface area contributed by atoms with Crippen molar-refractivity contribution in [1.82, 2.24) is 4.98 Å². The van der Waals surface area contributed by atoms with Crippen molar-refractivity contribution < 1.29 is 14.6 Å². The topological polar surface area (TPSA) is 77.9 Å². The number of anilines is 1. The summed E-state index contributed by atoms with van der Waals surface area (Å²) in [7, 11) is 1.49. The number of amides is 1. The molecule has 2 N–H and O–H groups in total. The molecule has 6 rings (SSSR count). The zero-order chi connectivity index (χ0) is 25.4. The van der Waals surface area contributed by atoms with E-state index in [-0.39, 0.29) is 17.4 Å². The summed E-state index contributed by atoms with van der Waals surface area (Å²) < 4.78 is 5.25. The number of amidine groups is 1. The van der Waals surface area contributed by atoms with Crippen LogP contribution >= 0.6 is 0 Å². The van der Waals surface area contributed by atoms with Gasteiger partial charge in [-0.25, -0.2) is 4.99 Å². The van der Waals surface area contributed by atoms with Crippen LogP contribution in [0.3, 0.4) is 0 Å². The predicted molar refractivity (Wildman–Crippen MR) is 147 cm³/mol. The molecule has 5 aromatic rings. The number of fused-ring (bicyclic) bond motifs is 1. The van der Waals surface area contributed by atoms with E-state index in [4.69, 9.17) is 9.73 Å². The van der Waals surface area contributed by atoms with Crippen molar-refractivity contribution in [2.45, 2.75) is 0 Å². The van der Waals surface area contributed by atoms with Gasteiger partial charge in [0.1, 0.15) is 11.5 Å². The molecular formula is C31H23N3O3. The van der Waals surface area contributed by atoms with E-state index in [2.05, 4.69) is 4.98 Å². The summed E-state index contributed by atoms with van der Waals surface area (Å²) in [5.74, 6) is 0.660. The summed E-state index contributed by atoms with van der Waals surface area (Å²) in [4.78, 5) is 24.1. The number of carbonyl (C=O) groups is 1. The van der Waals surface area contributed by atoms with Gasteiger partial charge in [0.05, 0.1) is 18.5 Å². The molecule has 0 unspecified atom stereocenters. The van der Waals surface area contributed by atoms with Gasteiger partial charge in [-0.05, 0) is 29.8 Å². The molecule has 0 bridgehead atoms. The van der Waals surface area contributed by atoms with E-state index >= 15 is 0 Å². The van der Waals surface area contributed by atoms with Gasteiger partial charge in [0.15, 0.2) is 11.5 Å². The minimum atomic E-state index is -0.243. The summed E-state index contributed by atoms with van der Waals surface area (Å²) in [6.07, 6.45) is 1.71. The molecule has 0 aliphatic carbocycles. The third kappa shape index (κ3) is 3.94. The van der Waals surface area contributed by atoms with Gasteiger partial charge in [0, 0.05) is 22.0 Å². The molecule has 4 aromatic carbocycles. The number of carbonyl (C=O) groups excluding carboxylic acids is 1. The highest BCUT2D eigenvalue weighted by molar-refractivity contribution is 6.36. The Morgan fingerprint density at radius 2 is 1.54 bits per heavy atom. The number of nitrogens with one attached hydrogen (secondary N) is 1. The summed E-state index contributed by atoms with van der Waals surface area (Å²) in [5, 5.41) is 10.9. The third-order valence-electron chi connectivity index (χ3n) is 6.36. The number of ether oxygens (including phenoxy) is 1. The van der Waals surface area contributed by atoms with Crippen molar-refractivity contribution in [2.75, 3.05) is 12.0 Å². The van der Waals surface area contributed by atoms with Gasteiger partial charge >= 0.3 is 0 Å². The van der Waals surface area contributed by atoms with E-state index in [1.165, 1.54) is 13.2 Å². The number of para-hydroxylation sites is 1. The van der Waals surface area contributed by atoms with Crippen molar-refractivity contribution in [3.8, 4) is 22.8 Å². The molecule has 6 nitrogen and oxygen atoms in total. The molecule has 1 aliphatic heterocycles. The number of aromatic hydroxyl groups is 1. The Bertz CT molecular complexity index is 1690. The number of methoxy groups -OCH3 is 1. The molecule has 6 heteroatoms. The standard InChI is InChI=1S/C31H23N3O3/c1-37-27-19-20(16-17-26(27)35)18-25-31(36)34(30(33-25)22-12-6-3-7-13-22)29-23-14-8-9-15-24(23)32-28(29)21-10-4-2-5-11-21/h2-19,32,35H,1H3/b25-18+. The number of aromatic amines is 1. The molecule has 0 fully saturated rings. The lowest BCUT2D eigenvalue weighted by atomic mass is 10.1. The molecule has 37 heavy (non-hydrogen) atoms. The van der Waals surface area contributed by atoms with E-state index in [9.17, 15) is 9.90 Å². The fourth-order valence-electron chi connectivity index (χ4n) is 4.62. The molecule has 1 amide bonds. The molecule has 0 spiro atoms. The van der Waals surface area contributed by atoms with Crippen LogP contribution in [-0.2, 0) is 4.79 Å². The number of rotatable bonds is 5. The number of phenolic OH excluding ortho intramolecular Hbond substituents is 1. The monoisotopic (exact) mass is 485 g/mol. The van der Waals surface area contributed by atoms with Crippen LogP contribution in [0.2, 0.25) is 0 Å². The minimum absolute atomic E-state index is 0.0313. The van der Waals surface area contributed by atoms with Gasteiger partial charge in [0.25, 0.3) is 5.91 Å². The summed E-state index contributed by atoms with van der Waals surface area (Å²) >= 11 is 0. The van der Waals surface area contributed by atoms with Crippen LogP contribution in [0.15, 0.2) is 114 Å². The Labute approximate surface area is 213 Å². The molecule has 1 aromatic heterocycles. The van der Waals surface area contributed by atoms with Gasteiger partial charge < -0.3 is 14.8 Å². The van der Waals surface area contributed by atoms with Crippen LogP contribution in [0, 0.1) is 0 Å². The zero-order valence-electron chi connectivity index (χ0n) is 20.1. The maximum atomic E-state index is 14.1. The normalized spacial score (nSPS) is 14.4. The minimum Gasteiger partial charge on any atom is -0.504 e. The molecule has 2 heterocycles. The van der Waals surface area contributed by atoms with Gasteiger partial charge in [-0.1, -0.05) is 84.9 Å². The highest BCUT2D eigenvalue weighted by Crippen LogP contribution is 2.41. The zero-order valence-corrected chi connectivity index (χ0v) is 20.1. The van der Waals surface area contributed by atoms with Gasteiger partial charge in [-0.2, -0.15) is 0 Å². The van der Waals surface area contributed by atoms with Gasteiger partial charge in [-0.3, -0.25) is 9.69 Å². The number of hydrogen-bond donors (Lipinski definition) is 2. The number of aromatic nitrogens is 1. The first kappa shape index (κ1) is 22.4. The number of H-pyrrole nitrogens is 1. The van der Waals surface area contributed by atoms with Gasteiger partial charge in [-0.15, -0.1) is 0 Å². The van der Waals surface area contributed by atoms with Crippen LogP contribution in [0.4, 0.5) is 5.69 Å². The van der Waals surface area contributed by atoms with Crippen molar-refractivity contribution >= 4 is 34.4 Å². The molecule has 0 atom stereocenters. The van der Waals surface area contributed by atoms with Crippen molar-refractivity contribution in [3.63, 3.8) is 0 Å². The van der Waals surface area contributed by atoms with E-state index < -0.39 is 0 Å². The Morgan fingerprint density at radius 3 is 2.27 bits per heavy atom. The Morgan fingerprint density at radius 1 is 0.865 bits per heavy atom. The van der Waals surface area contributed by atoms with E-state index in [0.29, 0.717) is 17.1 Å². The second-order valence-corrected chi connectivity index (χ2v) is 8.66. The van der Waals surface area contributed by atoms with Crippen molar-refractivity contribution in [1.29, 1.82) is 0 Å². The summed E-state index contributed by atoms with van der Waals surface area (Å²) in [5.41, 5.74) is 5.29. The summed E-state index contributed by atoms with van der Waals surface area (Å²) in [6, 6.07) is 32.6. The first-order chi connectivity index (χ1) is 18.1. The lowest BCUT2D eigenvalue weighted by Gasteiger charge is -2.20. The first-order valence-corrected chi connectivity index (χ1v) is 11.9. The van der Waals surface area contributed by atoms with E-state index in [1.54, 1.807) is 23.1 Å². The summed E-state index contributed by atoms with van der Waals surface area (Å²) in [6.45, 7) is 0. The lowest BCUT2D eigenvalue weighted by molar-refractivity contribution is -0.113.